The molecule has 128 valence electrons. The lowest BCUT2D eigenvalue weighted by Gasteiger charge is -2.03. The summed E-state index contributed by atoms with van der Waals surface area (Å²) in [6.45, 7) is 0. The van der Waals surface area contributed by atoms with Crippen LogP contribution in [0.3, 0.4) is 0 Å². The Labute approximate surface area is 145 Å². The zero-order chi connectivity index (χ0) is 18.8. The van der Waals surface area contributed by atoms with E-state index in [2.05, 4.69) is 4.98 Å². The van der Waals surface area contributed by atoms with Gasteiger partial charge in [0.1, 0.15) is 23.0 Å². The Morgan fingerprint density at radius 3 is 2.65 bits per heavy atom. The summed E-state index contributed by atoms with van der Waals surface area (Å²) in [6, 6.07) is 9.69. The van der Waals surface area contributed by atoms with E-state index in [1.165, 1.54) is 30.3 Å². The van der Waals surface area contributed by atoms with Crippen molar-refractivity contribution in [1.29, 1.82) is 5.26 Å². The SMILES string of the molecule is N#C/C(=C\c1ccc(O)c(C(=O)O)c1)C(=O)c1ccc2oc(=O)[nH]c2c1. The first kappa shape index (κ1) is 16.7. The van der Waals surface area contributed by atoms with Crippen LogP contribution in [0.4, 0.5) is 0 Å². The second kappa shape index (κ2) is 6.41. The molecule has 0 unspecified atom stereocenters. The van der Waals surface area contributed by atoms with Gasteiger partial charge < -0.3 is 14.6 Å². The van der Waals surface area contributed by atoms with Crippen molar-refractivity contribution >= 4 is 28.9 Å². The van der Waals surface area contributed by atoms with Crippen LogP contribution in [0, 0.1) is 11.3 Å². The molecule has 0 bridgehead atoms. The zero-order valence-corrected chi connectivity index (χ0v) is 13.0. The standard InChI is InChI=1S/C18H10N2O6/c19-8-11(5-9-1-3-14(21)12(6-9)17(23)24)16(22)10-2-4-15-13(7-10)20-18(25)26-15/h1-7,21H,(H,20,25)(H,23,24)/b11-5+. The fourth-order valence-corrected chi connectivity index (χ4v) is 2.38. The van der Waals surface area contributed by atoms with Gasteiger partial charge in [0.25, 0.3) is 0 Å². The number of oxazole rings is 1. The second-order valence-electron chi connectivity index (χ2n) is 5.31. The molecule has 3 rings (SSSR count). The van der Waals surface area contributed by atoms with Gasteiger partial charge in [0, 0.05) is 5.56 Å². The monoisotopic (exact) mass is 350 g/mol. The van der Waals surface area contributed by atoms with Crippen LogP contribution >= 0.6 is 0 Å². The van der Waals surface area contributed by atoms with E-state index in [9.17, 15) is 24.8 Å². The number of carboxylic acids is 1. The van der Waals surface area contributed by atoms with Crippen molar-refractivity contribution in [2.75, 3.05) is 0 Å². The first-order valence-electron chi connectivity index (χ1n) is 7.24. The number of hydrogen-bond acceptors (Lipinski definition) is 6. The number of rotatable bonds is 4. The molecule has 0 fully saturated rings. The minimum absolute atomic E-state index is 0.152. The number of H-pyrrole nitrogens is 1. The van der Waals surface area contributed by atoms with Crippen LogP contribution in [0.5, 0.6) is 5.75 Å². The van der Waals surface area contributed by atoms with E-state index >= 15 is 0 Å². The number of aromatic hydroxyl groups is 1. The summed E-state index contributed by atoms with van der Waals surface area (Å²) in [6.07, 6.45) is 1.22. The summed E-state index contributed by atoms with van der Waals surface area (Å²) in [4.78, 5) is 37.2. The van der Waals surface area contributed by atoms with Crippen molar-refractivity contribution in [2.24, 2.45) is 0 Å². The highest BCUT2D eigenvalue weighted by molar-refractivity contribution is 6.15. The number of hydrogen-bond donors (Lipinski definition) is 3. The molecular weight excluding hydrogens is 340 g/mol. The number of nitrogens with one attached hydrogen (secondary N) is 1. The van der Waals surface area contributed by atoms with Crippen molar-refractivity contribution < 1.29 is 24.2 Å². The molecule has 0 spiro atoms. The second-order valence-corrected chi connectivity index (χ2v) is 5.31. The minimum Gasteiger partial charge on any atom is -0.507 e. The number of benzene rings is 2. The molecule has 0 saturated heterocycles. The highest BCUT2D eigenvalue weighted by Crippen LogP contribution is 2.21. The molecule has 0 aliphatic carbocycles. The molecule has 0 aliphatic rings. The quantitative estimate of drug-likeness (QED) is 0.372. The van der Waals surface area contributed by atoms with Gasteiger partial charge in [-0.3, -0.25) is 9.78 Å². The molecule has 26 heavy (non-hydrogen) atoms. The highest BCUT2D eigenvalue weighted by Gasteiger charge is 2.15. The van der Waals surface area contributed by atoms with Crippen molar-refractivity contribution in [1.82, 2.24) is 4.98 Å². The Kier molecular flexibility index (Phi) is 4.12. The Bertz CT molecular complexity index is 1180. The van der Waals surface area contributed by atoms with E-state index in [0.29, 0.717) is 5.52 Å². The maximum atomic E-state index is 12.5. The molecule has 0 atom stereocenters. The molecule has 0 saturated carbocycles. The van der Waals surface area contributed by atoms with E-state index in [0.717, 1.165) is 12.1 Å². The van der Waals surface area contributed by atoms with E-state index < -0.39 is 23.3 Å². The van der Waals surface area contributed by atoms with Gasteiger partial charge in [0.2, 0.25) is 5.78 Å². The molecule has 1 heterocycles. The summed E-state index contributed by atoms with van der Waals surface area (Å²) in [5.41, 5.74) is 0.426. The van der Waals surface area contributed by atoms with Crippen LogP contribution in [-0.4, -0.2) is 26.9 Å². The maximum Gasteiger partial charge on any atom is 0.417 e. The first-order chi connectivity index (χ1) is 12.4. The average molecular weight is 350 g/mol. The number of allylic oxidation sites excluding steroid dienone is 1. The van der Waals surface area contributed by atoms with Crippen LogP contribution in [0.1, 0.15) is 26.3 Å². The molecule has 2 aromatic carbocycles. The highest BCUT2D eigenvalue weighted by atomic mass is 16.4. The van der Waals surface area contributed by atoms with Gasteiger partial charge in [-0.1, -0.05) is 6.07 Å². The Hall–Kier alpha value is -4.12. The van der Waals surface area contributed by atoms with Crippen LogP contribution in [0.25, 0.3) is 17.2 Å². The molecule has 8 nitrogen and oxygen atoms in total. The third-order valence-electron chi connectivity index (χ3n) is 3.61. The molecule has 0 aliphatic heterocycles. The first-order valence-corrected chi connectivity index (χ1v) is 7.24. The lowest BCUT2D eigenvalue weighted by Crippen LogP contribution is -2.02. The van der Waals surface area contributed by atoms with E-state index in [1.807, 2.05) is 0 Å². The predicted octanol–water partition coefficient (Wildman–Crippen LogP) is 2.31. The summed E-state index contributed by atoms with van der Waals surface area (Å²) >= 11 is 0. The van der Waals surface area contributed by atoms with Gasteiger partial charge in [0.15, 0.2) is 5.58 Å². The number of nitriles is 1. The van der Waals surface area contributed by atoms with Gasteiger partial charge in [-0.2, -0.15) is 5.26 Å². The maximum absolute atomic E-state index is 12.5. The number of ketones is 1. The third-order valence-corrected chi connectivity index (χ3v) is 3.61. The number of aromatic nitrogens is 1. The molecule has 3 aromatic rings. The Morgan fingerprint density at radius 2 is 1.96 bits per heavy atom. The van der Waals surface area contributed by atoms with Crippen LogP contribution < -0.4 is 5.76 Å². The zero-order valence-electron chi connectivity index (χ0n) is 13.0. The number of Topliss-reactive ketones (excluding diaryl/α,β-unsaturated/α-hetero) is 1. The number of carbonyl (C=O) groups is 2. The molecule has 3 N–H and O–H groups in total. The Balaban J connectivity index is 2.01. The normalized spacial score (nSPS) is 11.3. The average Bonchev–Trinajstić information content (AvgIpc) is 2.99. The molecule has 0 amide bonds. The number of carbonyl (C=O) groups excluding carboxylic acids is 1. The number of aromatic amines is 1. The fraction of sp³-hybridized carbons (Fsp3) is 0. The van der Waals surface area contributed by atoms with Gasteiger partial charge in [0.05, 0.1) is 5.52 Å². The number of nitrogens with zero attached hydrogens (tertiary/aromatic N) is 1. The molecule has 1 aromatic heterocycles. The fourth-order valence-electron chi connectivity index (χ4n) is 2.38. The van der Waals surface area contributed by atoms with Crippen molar-refractivity contribution in [3.8, 4) is 11.8 Å². The minimum atomic E-state index is -1.34. The third kappa shape index (κ3) is 3.09. The molecule has 0 radical (unpaired) electrons. The lowest BCUT2D eigenvalue weighted by molar-refractivity contribution is 0.0693. The van der Waals surface area contributed by atoms with Gasteiger partial charge in [-0.05, 0) is 42.0 Å². The summed E-state index contributed by atoms with van der Waals surface area (Å²) in [7, 11) is 0. The number of carboxylic acid groups (broad SMARTS) is 1. The van der Waals surface area contributed by atoms with Crippen LogP contribution in [0.15, 0.2) is 51.2 Å². The van der Waals surface area contributed by atoms with E-state index in [4.69, 9.17) is 9.52 Å². The van der Waals surface area contributed by atoms with E-state index in [-0.39, 0.29) is 27.8 Å². The van der Waals surface area contributed by atoms with Gasteiger partial charge in [-0.15, -0.1) is 0 Å². The summed E-state index contributed by atoms with van der Waals surface area (Å²) in [5, 5.41) is 27.8. The van der Waals surface area contributed by atoms with Crippen molar-refractivity contribution in [3.05, 3.63) is 69.2 Å². The van der Waals surface area contributed by atoms with Crippen molar-refractivity contribution in [3.63, 3.8) is 0 Å². The number of aromatic carboxylic acids is 1. The van der Waals surface area contributed by atoms with Crippen LogP contribution in [0.2, 0.25) is 0 Å². The molecular formula is C18H10N2O6. The largest absolute Gasteiger partial charge is 0.507 e. The summed E-state index contributed by atoms with van der Waals surface area (Å²) in [5.74, 6) is -3.03. The topological polar surface area (TPSA) is 144 Å². The Morgan fingerprint density at radius 1 is 1.19 bits per heavy atom. The van der Waals surface area contributed by atoms with Gasteiger partial charge in [-0.25, -0.2) is 9.59 Å². The van der Waals surface area contributed by atoms with Gasteiger partial charge >= 0.3 is 11.7 Å². The van der Waals surface area contributed by atoms with Crippen LogP contribution in [-0.2, 0) is 0 Å². The number of phenols is 1. The smallest absolute Gasteiger partial charge is 0.417 e. The van der Waals surface area contributed by atoms with Crippen molar-refractivity contribution in [2.45, 2.75) is 0 Å². The summed E-state index contributed by atoms with van der Waals surface area (Å²) < 4.78 is 4.85. The van der Waals surface area contributed by atoms with E-state index in [1.54, 1.807) is 6.07 Å². The predicted molar refractivity (Wildman–Crippen MR) is 89.8 cm³/mol. The molecule has 8 heteroatoms. The number of fused-ring (bicyclic) bond motifs is 1. The lowest BCUT2D eigenvalue weighted by atomic mass is 10.0.